The van der Waals surface area contributed by atoms with Gasteiger partial charge >= 0.3 is 0 Å². The number of nitrogen functional groups attached to an aromatic ring is 1. The van der Waals surface area contributed by atoms with Gasteiger partial charge in [0, 0.05) is 5.69 Å². The van der Waals surface area contributed by atoms with E-state index in [-0.39, 0.29) is 0 Å². The Bertz CT molecular complexity index is 294. The summed E-state index contributed by atoms with van der Waals surface area (Å²) in [5.41, 5.74) is 7.80. The van der Waals surface area contributed by atoms with E-state index in [1.165, 1.54) is 0 Å². The van der Waals surface area contributed by atoms with Gasteiger partial charge in [0.15, 0.2) is 0 Å². The molecule has 0 fully saturated rings. The summed E-state index contributed by atoms with van der Waals surface area (Å²) in [5, 5.41) is 0. The average Bonchev–Trinajstić information content (AvgIpc) is 2.20. The largest absolute Gasteiger partial charge is 0.399 e. The van der Waals surface area contributed by atoms with Crippen molar-refractivity contribution >= 4 is 5.69 Å². The number of nitrogens with two attached hydrogens (primary N) is 1. The molecule has 0 atom stereocenters. The van der Waals surface area contributed by atoms with Crippen molar-refractivity contribution in [1.82, 2.24) is 0 Å². The Morgan fingerprint density at radius 1 is 1.36 bits per heavy atom. The van der Waals surface area contributed by atoms with E-state index >= 15 is 0 Å². The fourth-order valence-electron chi connectivity index (χ4n) is 1.19. The SMILES string of the molecule is C/C=C/COCCc1ccccc1N. The van der Waals surface area contributed by atoms with Gasteiger partial charge < -0.3 is 10.5 Å². The lowest BCUT2D eigenvalue weighted by molar-refractivity contribution is 0.166. The number of hydrogen-bond donors (Lipinski definition) is 1. The predicted octanol–water partition coefficient (Wildman–Crippen LogP) is 2.40. The molecule has 1 aromatic rings. The summed E-state index contributed by atoms with van der Waals surface area (Å²) in [5.74, 6) is 0. The molecule has 0 heterocycles. The molecular weight excluding hydrogens is 174 g/mol. The van der Waals surface area contributed by atoms with Crippen molar-refractivity contribution in [1.29, 1.82) is 0 Å². The van der Waals surface area contributed by atoms with Crippen molar-refractivity contribution in [2.24, 2.45) is 0 Å². The molecule has 76 valence electrons. The first-order valence-electron chi connectivity index (χ1n) is 4.87. The standard InChI is InChI=1S/C12H17NO/c1-2-3-9-14-10-8-11-6-4-5-7-12(11)13/h2-7H,8-10,13H2,1H3/b3-2+. The number of rotatable bonds is 5. The third-order valence-electron chi connectivity index (χ3n) is 2.02. The van der Waals surface area contributed by atoms with Gasteiger partial charge in [-0.3, -0.25) is 0 Å². The molecule has 0 aliphatic heterocycles. The molecule has 1 aromatic carbocycles. The van der Waals surface area contributed by atoms with Gasteiger partial charge in [0.2, 0.25) is 0 Å². The summed E-state index contributed by atoms with van der Waals surface area (Å²) in [6, 6.07) is 7.90. The fourth-order valence-corrected chi connectivity index (χ4v) is 1.19. The molecule has 0 aliphatic carbocycles. The van der Waals surface area contributed by atoms with Crippen LogP contribution in [-0.4, -0.2) is 13.2 Å². The first-order valence-corrected chi connectivity index (χ1v) is 4.87. The van der Waals surface area contributed by atoms with Crippen LogP contribution in [0.1, 0.15) is 12.5 Å². The van der Waals surface area contributed by atoms with E-state index < -0.39 is 0 Å². The van der Waals surface area contributed by atoms with Crippen molar-refractivity contribution in [3.8, 4) is 0 Å². The van der Waals surface area contributed by atoms with E-state index in [0.29, 0.717) is 6.61 Å². The molecule has 0 spiro atoms. The molecule has 2 heteroatoms. The molecule has 1 rings (SSSR count). The summed E-state index contributed by atoms with van der Waals surface area (Å²) in [4.78, 5) is 0. The first-order chi connectivity index (χ1) is 6.84. The molecule has 0 saturated carbocycles. The number of benzene rings is 1. The Kier molecular flexibility index (Phi) is 4.79. The maximum absolute atomic E-state index is 5.79. The summed E-state index contributed by atoms with van der Waals surface area (Å²) in [7, 11) is 0. The minimum Gasteiger partial charge on any atom is -0.399 e. The van der Waals surface area contributed by atoms with Crippen LogP contribution in [-0.2, 0) is 11.2 Å². The van der Waals surface area contributed by atoms with Gasteiger partial charge in [-0.2, -0.15) is 0 Å². The number of ether oxygens (including phenoxy) is 1. The van der Waals surface area contributed by atoms with Gasteiger partial charge in [-0.1, -0.05) is 30.4 Å². The Hall–Kier alpha value is -1.28. The molecule has 0 aliphatic rings. The van der Waals surface area contributed by atoms with Crippen molar-refractivity contribution < 1.29 is 4.74 Å². The second-order valence-electron chi connectivity index (χ2n) is 3.09. The molecule has 2 N–H and O–H groups in total. The van der Waals surface area contributed by atoms with Gasteiger partial charge in [-0.05, 0) is 25.0 Å². The lowest BCUT2D eigenvalue weighted by atomic mass is 10.1. The number of para-hydroxylation sites is 1. The summed E-state index contributed by atoms with van der Waals surface area (Å²) < 4.78 is 5.39. The van der Waals surface area contributed by atoms with Crippen LogP contribution in [0.25, 0.3) is 0 Å². The minimum atomic E-state index is 0.684. The van der Waals surface area contributed by atoms with E-state index in [1.54, 1.807) is 0 Å². The van der Waals surface area contributed by atoms with Gasteiger partial charge in [0.05, 0.1) is 13.2 Å². The van der Waals surface area contributed by atoms with Crippen molar-refractivity contribution in [3.63, 3.8) is 0 Å². The summed E-state index contributed by atoms with van der Waals surface area (Å²) in [6.45, 7) is 3.39. The Morgan fingerprint density at radius 3 is 2.86 bits per heavy atom. The van der Waals surface area contributed by atoms with Crippen LogP contribution in [0, 0.1) is 0 Å². The molecule has 2 nitrogen and oxygen atoms in total. The predicted molar refractivity (Wildman–Crippen MR) is 60.2 cm³/mol. The highest BCUT2D eigenvalue weighted by Gasteiger charge is 1.96. The Balaban J connectivity index is 2.28. The third-order valence-corrected chi connectivity index (χ3v) is 2.02. The highest BCUT2D eigenvalue weighted by molar-refractivity contribution is 5.46. The monoisotopic (exact) mass is 191 g/mol. The zero-order valence-corrected chi connectivity index (χ0v) is 8.57. The van der Waals surface area contributed by atoms with Crippen LogP contribution >= 0.6 is 0 Å². The maximum atomic E-state index is 5.79. The molecule has 0 radical (unpaired) electrons. The average molecular weight is 191 g/mol. The van der Waals surface area contributed by atoms with Gasteiger partial charge in [-0.15, -0.1) is 0 Å². The van der Waals surface area contributed by atoms with Crippen molar-refractivity contribution in [2.45, 2.75) is 13.3 Å². The van der Waals surface area contributed by atoms with Crippen molar-refractivity contribution in [2.75, 3.05) is 18.9 Å². The van der Waals surface area contributed by atoms with Crippen LogP contribution in [0.2, 0.25) is 0 Å². The lowest BCUT2D eigenvalue weighted by Gasteiger charge is -2.04. The zero-order valence-electron chi connectivity index (χ0n) is 8.57. The molecule has 0 aromatic heterocycles. The molecule has 0 saturated heterocycles. The highest BCUT2D eigenvalue weighted by Crippen LogP contribution is 2.10. The van der Waals surface area contributed by atoms with E-state index in [9.17, 15) is 0 Å². The van der Waals surface area contributed by atoms with E-state index in [2.05, 4.69) is 0 Å². The number of allylic oxidation sites excluding steroid dienone is 1. The van der Waals surface area contributed by atoms with Crippen LogP contribution in [0.4, 0.5) is 5.69 Å². The van der Waals surface area contributed by atoms with E-state index in [4.69, 9.17) is 10.5 Å². The molecule has 0 amide bonds. The van der Waals surface area contributed by atoms with Gasteiger partial charge in [-0.25, -0.2) is 0 Å². The summed E-state index contributed by atoms with van der Waals surface area (Å²) in [6.07, 6.45) is 4.86. The van der Waals surface area contributed by atoms with Gasteiger partial charge in [0.1, 0.15) is 0 Å². The smallest absolute Gasteiger partial charge is 0.0647 e. The van der Waals surface area contributed by atoms with Crippen molar-refractivity contribution in [3.05, 3.63) is 42.0 Å². The maximum Gasteiger partial charge on any atom is 0.0647 e. The zero-order chi connectivity index (χ0) is 10.2. The quantitative estimate of drug-likeness (QED) is 0.440. The third kappa shape index (κ3) is 3.62. The Labute approximate surface area is 85.4 Å². The van der Waals surface area contributed by atoms with E-state index in [1.807, 2.05) is 43.3 Å². The molecule has 14 heavy (non-hydrogen) atoms. The second kappa shape index (κ2) is 6.22. The minimum absolute atomic E-state index is 0.684. The van der Waals surface area contributed by atoms with Crippen LogP contribution in [0.15, 0.2) is 36.4 Å². The van der Waals surface area contributed by atoms with E-state index in [0.717, 1.165) is 24.3 Å². The normalized spacial score (nSPS) is 10.9. The fraction of sp³-hybridized carbons (Fsp3) is 0.333. The molecule has 0 unspecified atom stereocenters. The van der Waals surface area contributed by atoms with Crippen LogP contribution in [0.3, 0.4) is 0 Å². The molecular formula is C12H17NO. The summed E-state index contributed by atoms with van der Waals surface area (Å²) >= 11 is 0. The Morgan fingerprint density at radius 2 is 2.14 bits per heavy atom. The second-order valence-corrected chi connectivity index (χ2v) is 3.09. The number of hydrogen-bond acceptors (Lipinski definition) is 2. The highest BCUT2D eigenvalue weighted by atomic mass is 16.5. The van der Waals surface area contributed by atoms with Crippen LogP contribution in [0.5, 0.6) is 0 Å². The van der Waals surface area contributed by atoms with Crippen LogP contribution < -0.4 is 5.73 Å². The topological polar surface area (TPSA) is 35.2 Å². The molecule has 0 bridgehead atoms. The first kappa shape index (κ1) is 10.8. The van der Waals surface area contributed by atoms with Gasteiger partial charge in [0.25, 0.3) is 0 Å². The number of anilines is 1. The lowest BCUT2D eigenvalue weighted by Crippen LogP contribution is -2.01.